The Bertz CT molecular complexity index is 553. The van der Waals surface area contributed by atoms with Crippen LogP contribution in [0.25, 0.3) is 0 Å². The van der Waals surface area contributed by atoms with Crippen LogP contribution in [-0.2, 0) is 17.6 Å². The lowest BCUT2D eigenvalue weighted by Crippen LogP contribution is -2.42. The van der Waals surface area contributed by atoms with E-state index in [4.69, 9.17) is 5.11 Å². The Kier molecular flexibility index (Phi) is 3.47. The van der Waals surface area contributed by atoms with Crippen LogP contribution in [-0.4, -0.2) is 35.0 Å². The van der Waals surface area contributed by atoms with Crippen molar-refractivity contribution in [1.29, 1.82) is 0 Å². The topological polar surface area (TPSA) is 57.6 Å². The van der Waals surface area contributed by atoms with Gasteiger partial charge in [-0.3, -0.25) is 9.59 Å². The van der Waals surface area contributed by atoms with Gasteiger partial charge in [0.25, 0.3) is 5.91 Å². The zero-order valence-corrected chi connectivity index (χ0v) is 11.5. The molecule has 0 radical (unpaired) electrons. The number of piperidine rings is 1. The van der Waals surface area contributed by atoms with E-state index in [1.54, 1.807) is 4.90 Å². The number of aliphatic carboxylic acids is 1. The fourth-order valence-electron chi connectivity index (χ4n) is 3.25. The van der Waals surface area contributed by atoms with Gasteiger partial charge in [-0.1, -0.05) is 6.07 Å². The SMILES string of the molecule is O=C(O)[C@H]1CCCN(C(=O)c2ccc3c(c2)CCC3)C1. The second-order valence-electron chi connectivity index (χ2n) is 5.77. The predicted octanol–water partition coefficient (Wildman–Crippen LogP) is 2.11. The summed E-state index contributed by atoms with van der Waals surface area (Å²) in [5.74, 6) is -1.23. The third kappa shape index (κ3) is 2.42. The maximum absolute atomic E-state index is 12.5. The van der Waals surface area contributed by atoms with Crippen LogP contribution >= 0.6 is 0 Å². The third-order valence-electron chi connectivity index (χ3n) is 4.40. The Labute approximate surface area is 118 Å². The quantitative estimate of drug-likeness (QED) is 0.898. The van der Waals surface area contributed by atoms with Crippen LogP contribution in [0.5, 0.6) is 0 Å². The zero-order valence-electron chi connectivity index (χ0n) is 11.5. The fraction of sp³-hybridized carbons (Fsp3) is 0.500. The normalized spacial score (nSPS) is 21.6. The Morgan fingerprint density at radius 2 is 1.95 bits per heavy atom. The summed E-state index contributed by atoms with van der Waals surface area (Å²) in [6.45, 7) is 1.00. The minimum Gasteiger partial charge on any atom is -0.481 e. The van der Waals surface area contributed by atoms with Crippen LogP contribution in [0.4, 0.5) is 0 Å². The highest BCUT2D eigenvalue weighted by molar-refractivity contribution is 5.95. The largest absolute Gasteiger partial charge is 0.481 e. The van der Waals surface area contributed by atoms with Gasteiger partial charge >= 0.3 is 5.97 Å². The van der Waals surface area contributed by atoms with E-state index < -0.39 is 11.9 Å². The molecule has 1 heterocycles. The number of carbonyl (C=O) groups excluding carboxylic acids is 1. The molecule has 0 saturated carbocycles. The average Bonchev–Trinajstić information content (AvgIpc) is 2.94. The number of fused-ring (bicyclic) bond motifs is 1. The first kappa shape index (κ1) is 13.2. The van der Waals surface area contributed by atoms with E-state index in [0.717, 1.165) is 25.7 Å². The van der Waals surface area contributed by atoms with Gasteiger partial charge in [-0.15, -0.1) is 0 Å². The summed E-state index contributed by atoms with van der Waals surface area (Å²) >= 11 is 0. The molecule has 1 aliphatic heterocycles. The van der Waals surface area contributed by atoms with Crippen LogP contribution in [0.15, 0.2) is 18.2 Å². The Hall–Kier alpha value is -1.84. The highest BCUT2D eigenvalue weighted by Gasteiger charge is 2.29. The standard InChI is InChI=1S/C16H19NO3/c18-15(17-8-2-5-14(10-17)16(19)20)13-7-6-11-3-1-4-12(11)9-13/h6-7,9,14H,1-5,8,10H2,(H,19,20)/t14-/m0/s1. The number of likely N-dealkylation sites (tertiary alicyclic amines) is 1. The number of carboxylic acids is 1. The van der Waals surface area contributed by atoms with Gasteiger partial charge in [-0.25, -0.2) is 0 Å². The van der Waals surface area contributed by atoms with Gasteiger partial charge in [-0.2, -0.15) is 0 Å². The van der Waals surface area contributed by atoms with E-state index in [1.807, 2.05) is 18.2 Å². The molecular weight excluding hydrogens is 254 g/mol. The maximum atomic E-state index is 12.5. The van der Waals surface area contributed by atoms with Crippen LogP contribution in [0.3, 0.4) is 0 Å². The van der Waals surface area contributed by atoms with Gasteiger partial charge in [0.05, 0.1) is 5.92 Å². The molecule has 4 heteroatoms. The van der Waals surface area contributed by atoms with Crippen molar-refractivity contribution in [3.8, 4) is 0 Å². The van der Waals surface area contributed by atoms with Gasteiger partial charge in [0, 0.05) is 18.7 Å². The van der Waals surface area contributed by atoms with Crippen molar-refractivity contribution in [2.45, 2.75) is 32.1 Å². The number of nitrogens with zero attached hydrogens (tertiary/aromatic N) is 1. The molecule has 1 saturated heterocycles. The predicted molar refractivity (Wildman–Crippen MR) is 74.7 cm³/mol. The van der Waals surface area contributed by atoms with E-state index in [2.05, 4.69) is 0 Å². The lowest BCUT2D eigenvalue weighted by atomic mass is 9.97. The van der Waals surface area contributed by atoms with E-state index in [-0.39, 0.29) is 5.91 Å². The molecule has 1 fully saturated rings. The van der Waals surface area contributed by atoms with Crippen LogP contribution in [0.1, 0.15) is 40.7 Å². The van der Waals surface area contributed by atoms with Crippen molar-refractivity contribution in [1.82, 2.24) is 4.90 Å². The Morgan fingerprint density at radius 1 is 1.15 bits per heavy atom. The molecule has 0 spiro atoms. The Morgan fingerprint density at radius 3 is 2.75 bits per heavy atom. The van der Waals surface area contributed by atoms with Crippen molar-refractivity contribution < 1.29 is 14.7 Å². The van der Waals surface area contributed by atoms with Gasteiger partial charge < -0.3 is 10.0 Å². The van der Waals surface area contributed by atoms with E-state index in [1.165, 1.54) is 11.1 Å². The molecule has 0 unspecified atom stereocenters. The van der Waals surface area contributed by atoms with Gasteiger partial charge in [-0.05, 0) is 55.4 Å². The third-order valence-corrected chi connectivity index (χ3v) is 4.40. The summed E-state index contributed by atoms with van der Waals surface area (Å²) in [5.41, 5.74) is 3.34. The smallest absolute Gasteiger partial charge is 0.308 e. The summed E-state index contributed by atoms with van der Waals surface area (Å²) in [7, 11) is 0. The molecule has 3 rings (SSSR count). The number of carbonyl (C=O) groups is 2. The van der Waals surface area contributed by atoms with Crippen molar-refractivity contribution in [2.75, 3.05) is 13.1 Å². The van der Waals surface area contributed by atoms with Crippen molar-refractivity contribution >= 4 is 11.9 Å². The van der Waals surface area contributed by atoms with E-state index in [0.29, 0.717) is 25.1 Å². The highest BCUT2D eigenvalue weighted by atomic mass is 16.4. The van der Waals surface area contributed by atoms with Crippen LogP contribution in [0.2, 0.25) is 0 Å². The average molecular weight is 273 g/mol. The highest BCUT2D eigenvalue weighted by Crippen LogP contribution is 2.24. The van der Waals surface area contributed by atoms with Gasteiger partial charge in [0.1, 0.15) is 0 Å². The number of hydrogen-bond donors (Lipinski definition) is 1. The number of aryl methyl sites for hydroxylation is 2. The van der Waals surface area contributed by atoms with Gasteiger partial charge in [0.15, 0.2) is 0 Å². The first-order valence-corrected chi connectivity index (χ1v) is 7.29. The van der Waals surface area contributed by atoms with Gasteiger partial charge in [0.2, 0.25) is 0 Å². The fourth-order valence-corrected chi connectivity index (χ4v) is 3.25. The zero-order chi connectivity index (χ0) is 14.1. The maximum Gasteiger partial charge on any atom is 0.308 e. The lowest BCUT2D eigenvalue weighted by Gasteiger charge is -2.30. The molecule has 0 bridgehead atoms. The number of carboxylic acid groups (broad SMARTS) is 1. The molecule has 1 N–H and O–H groups in total. The number of amides is 1. The molecule has 4 nitrogen and oxygen atoms in total. The van der Waals surface area contributed by atoms with Crippen molar-refractivity contribution in [2.24, 2.45) is 5.92 Å². The summed E-state index contributed by atoms with van der Waals surface area (Å²) in [5, 5.41) is 9.10. The molecule has 1 aromatic rings. The summed E-state index contributed by atoms with van der Waals surface area (Å²) in [6, 6.07) is 5.93. The molecular formula is C16H19NO3. The summed E-state index contributed by atoms with van der Waals surface area (Å²) in [4.78, 5) is 25.3. The molecule has 106 valence electrons. The first-order chi connectivity index (χ1) is 9.65. The number of rotatable bonds is 2. The number of hydrogen-bond acceptors (Lipinski definition) is 2. The number of benzene rings is 1. The monoisotopic (exact) mass is 273 g/mol. The molecule has 1 atom stereocenters. The first-order valence-electron chi connectivity index (χ1n) is 7.29. The summed E-state index contributed by atoms with van der Waals surface area (Å²) < 4.78 is 0. The van der Waals surface area contributed by atoms with E-state index in [9.17, 15) is 9.59 Å². The Balaban J connectivity index is 1.76. The lowest BCUT2D eigenvalue weighted by molar-refractivity contribution is -0.143. The molecule has 2 aliphatic rings. The molecule has 0 aromatic heterocycles. The minimum atomic E-state index is -0.795. The van der Waals surface area contributed by atoms with Crippen LogP contribution in [0, 0.1) is 5.92 Å². The van der Waals surface area contributed by atoms with E-state index >= 15 is 0 Å². The summed E-state index contributed by atoms with van der Waals surface area (Å²) in [6.07, 6.45) is 4.76. The van der Waals surface area contributed by atoms with Crippen molar-refractivity contribution in [3.63, 3.8) is 0 Å². The second kappa shape index (κ2) is 5.27. The van der Waals surface area contributed by atoms with Crippen molar-refractivity contribution in [3.05, 3.63) is 34.9 Å². The minimum absolute atomic E-state index is 0.0225. The molecule has 1 aliphatic carbocycles. The second-order valence-corrected chi connectivity index (χ2v) is 5.77. The molecule has 1 aromatic carbocycles. The van der Waals surface area contributed by atoms with Crippen LogP contribution < -0.4 is 0 Å². The molecule has 20 heavy (non-hydrogen) atoms. The molecule has 1 amide bonds.